The molecule has 2 saturated heterocycles. The summed E-state index contributed by atoms with van der Waals surface area (Å²) in [6.07, 6.45) is 5.39. The summed E-state index contributed by atoms with van der Waals surface area (Å²) in [4.78, 5) is 27.5. The molecule has 1 atom stereocenters. The van der Waals surface area contributed by atoms with Crippen LogP contribution in [0.2, 0.25) is 0 Å². The highest BCUT2D eigenvalue weighted by Gasteiger charge is 2.26. The SMILES string of the molecule is C=CC(=O)N1CCN(c2nc(OCC3CCCN3C)nc3c(F)c(-n4ccc5ccccc54)ccc23)CC1. The summed E-state index contributed by atoms with van der Waals surface area (Å²) in [6.45, 7) is 7.30. The normalized spacial score (nSPS) is 18.4. The molecule has 8 nitrogen and oxygen atoms in total. The third kappa shape index (κ3) is 4.36. The Kier molecular flexibility index (Phi) is 6.45. The van der Waals surface area contributed by atoms with E-state index in [9.17, 15) is 4.79 Å². The Labute approximate surface area is 220 Å². The minimum Gasteiger partial charge on any atom is -0.462 e. The molecule has 0 spiro atoms. The maximum atomic E-state index is 16.2. The molecular weight excluding hydrogens is 483 g/mol. The fraction of sp³-hybridized carbons (Fsp3) is 0.345. The highest BCUT2D eigenvalue weighted by Crippen LogP contribution is 2.33. The molecule has 2 aliphatic rings. The highest BCUT2D eigenvalue weighted by atomic mass is 19.1. The third-order valence-electron chi connectivity index (χ3n) is 7.75. The van der Waals surface area contributed by atoms with Gasteiger partial charge in [-0.25, -0.2) is 4.39 Å². The van der Waals surface area contributed by atoms with Crippen molar-refractivity contribution >= 4 is 33.5 Å². The number of rotatable bonds is 6. The first-order valence-electron chi connectivity index (χ1n) is 13.1. The van der Waals surface area contributed by atoms with Gasteiger partial charge in [-0.15, -0.1) is 0 Å². The Morgan fingerprint density at radius 2 is 1.92 bits per heavy atom. The van der Waals surface area contributed by atoms with Crippen molar-refractivity contribution in [3.8, 4) is 11.7 Å². The van der Waals surface area contributed by atoms with Crippen LogP contribution >= 0.6 is 0 Å². The number of anilines is 1. The Bertz CT molecular complexity index is 1510. The average Bonchev–Trinajstić information content (AvgIpc) is 3.57. The highest BCUT2D eigenvalue weighted by molar-refractivity contribution is 5.93. The van der Waals surface area contributed by atoms with Gasteiger partial charge in [0.2, 0.25) is 5.91 Å². The molecule has 0 aliphatic carbocycles. The molecule has 9 heteroatoms. The molecule has 4 aromatic rings. The van der Waals surface area contributed by atoms with Gasteiger partial charge in [0.05, 0.1) is 11.2 Å². The van der Waals surface area contributed by atoms with Crippen LogP contribution < -0.4 is 9.64 Å². The van der Waals surface area contributed by atoms with Gasteiger partial charge in [0.25, 0.3) is 0 Å². The van der Waals surface area contributed by atoms with Crippen molar-refractivity contribution in [1.29, 1.82) is 0 Å². The van der Waals surface area contributed by atoms with E-state index in [1.807, 2.05) is 47.2 Å². The van der Waals surface area contributed by atoms with Crippen LogP contribution in [0.15, 0.2) is 61.3 Å². The first kappa shape index (κ1) is 24.4. The molecule has 0 bridgehead atoms. The standard InChI is InChI=1S/C29H31FN6O2/c1-3-25(37)34-15-17-35(18-16-34)28-22-10-11-24(36-14-12-20-7-4-5-9-23(20)36)26(30)27(22)31-29(32-28)38-19-21-8-6-13-33(21)2/h3-5,7,9-12,14,21H,1,6,8,13,15-19H2,2H3. The zero-order valence-electron chi connectivity index (χ0n) is 21.5. The number of hydrogen-bond acceptors (Lipinski definition) is 6. The molecule has 1 unspecified atom stereocenters. The number of amides is 1. The van der Waals surface area contributed by atoms with Crippen LogP contribution in [-0.2, 0) is 4.79 Å². The maximum Gasteiger partial charge on any atom is 0.319 e. The van der Waals surface area contributed by atoms with Crippen molar-refractivity contribution in [1.82, 2.24) is 24.3 Å². The van der Waals surface area contributed by atoms with Gasteiger partial charge in [-0.05, 0) is 62.2 Å². The lowest BCUT2D eigenvalue weighted by molar-refractivity contribution is -0.126. The largest absolute Gasteiger partial charge is 0.462 e. The van der Waals surface area contributed by atoms with Gasteiger partial charge >= 0.3 is 6.01 Å². The molecule has 2 fully saturated rings. The molecule has 0 radical (unpaired) electrons. The van der Waals surface area contributed by atoms with Crippen LogP contribution in [-0.4, -0.2) is 82.7 Å². The number of hydrogen-bond donors (Lipinski definition) is 0. The van der Waals surface area contributed by atoms with E-state index in [-0.39, 0.29) is 23.5 Å². The third-order valence-corrected chi connectivity index (χ3v) is 7.75. The lowest BCUT2D eigenvalue weighted by Crippen LogP contribution is -2.48. The molecule has 2 aromatic carbocycles. The summed E-state index contributed by atoms with van der Waals surface area (Å²) in [7, 11) is 2.09. The minimum absolute atomic E-state index is 0.0865. The zero-order chi connectivity index (χ0) is 26.2. The molecule has 2 aromatic heterocycles. The van der Waals surface area contributed by atoms with Crippen LogP contribution in [0, 0.1) is 5.82 Å². The predicted molar refractivity (Wildman–Crippen MR) is 146 cm³/mol. The molecule has 0 saturated carbocycles. The molecule has 6 rings (SSSR count). The number of carbonyl (C=O) groups is 1. The number of likely N-dealkylation sites (tertiary alicyclic amines) is 1. The van der Waals surface area contributed by atoms with Crippen molar-refractivity contribution in [2.45, 2.75) is 18.9 Å². The number of likely N-dealkylation sites (N-methyl/N-ethyl adjacent to an activating group) is 1. The zero-order valence-corrected chi connectivity index (χ0v) is 21.5. The summed E-state index contributed by atoms with van der Waals surface area (Å²) in [5.74, 6) is 0.116. The van der Waals surface area contributed by atoms with Crippen molar-refractivity contribution in [3.05, 3.63) is 67.1 Å². The molecule has 0 N–H and O–H groups in total. The fourth-order valence-electron chi connectivity index (χ4n) is 5.53. The summed E-state index contributed by atoms with van der Waals surface area (Å²) in [5, 5.41) is 1.66. The molecular formula is C29H31FN6O2. The molecule has 4 heterocycles. The molecule has 38 heavy (non-hydrogen) atoms. The summed E-state index contributed by atoms with van der Waals surface area (Å²) < 4.78 is 24.2. The topological polar surface area (TPSA) is 66.7 Å². The van der Waals surface area contributed by atoms with E-state index < -0.39 is 5.82 Å². The van der Waals surface area contributed by atoms with Gasteiger partial charge in [0, 0.05) is 43.8 Å². The van der Waals surface area contributed by atoms with Crippen LogP contribution in [0.3, 0.4) is 0 Å². The number of ether oxygens (including phenoxy) is 1. The minimum atomic E-state index is -0.421. The fourth-order valence-corrected chi connectivity index (χ4v) is 5.53. The first-order chi connectivity index (χ1) is 18.5. The van der Waals surface area contributed by atoms with Gasteiger partial charge in [0.15, 0.2) is 5.82 Å². The van der Waals surface area contributed by atoms with Crippen molar-refractivity contribution in [2.24, 2.45) is 0 Å². The predicted octanol–water partition coefficient (Wildman–Crippen LogP) is 4.02. The number of para-hydroxylation sites is 1. The van der Waals surface area contributed by atoms with Crippen molar-refractivity contribution < 1.29 is 13.9 Å². The lowest BCUT2D eigenvalue weighted by Gasteiger charge is -2.35. The Morgan fingerprint density at radius 3 is 2.68 bits per heavy atom. The quantitative estimate of drug-likeness (QED) is 0.362. The van der Waals surface area contributed by atoms with Crippen LogP contribution in [0.5, 0.6) is 6.01 Å². The van der Waals surface area contributed by atoms with Gasteiger partial charge in [-0.3, -0.25) is 4.79 Å². The van der Waals surface area contributed by atoms with Crippen LogP contribution in [0.25, 0.3) is 27.5 Å². The van der Waals surface area contributed by atoms with Crippen LogP contribution in [0.4, 0.5) is 10.2 Å². The number of fused-ring (bicyclic) bond motifs is 2. The van der Waals surface area contributed by atoms with E-state index in [2.05, 4.69) is 28.4 Å². The first-order valence-corrected chi connectivity index (χ1v) is 13.1. The number of piperazine rings is 1. The molecule has 196 valence electrons. The second-order valence-corrected chi connectivity index (χ2v) is 9.97. The number of carbonyl (C=O) groups excluding carboxylic acids is 1. The van der Waals surface area contributed by atoms with E-state index in [0.29, 0.717) is 49.7 Å². The maximum absolute atomic E-state index is 16.2. The van der Waals surface area contributed by atoms with Gasteiger partial charge in [-0.1, -0.05) is 24.8 Å². The molecule has 1 amide bonds. The summed E-state index contributed by atoms with van der Waals surface area (Å²) >= 11 is 0. The monoisotopic (exact) mass is 514 g/mol. The van der Waals surface area contributed by atoms with Gasteiger partial charge in [-0.2, -0.15) is 9.97 Å². The molecule has 2 aliphatic heterocycles. The average molecular weight is 515 g/mol. The van der Waals surface area contributed by atoms with E-state index in [1.165, 1.54) is 6.08 Å². The second-order valence-electron chi connectivity index (χ2n) is 9.97. The number of benzene rings is 2. The second kappa shape index (κ2) is 10.1. The number of nitrogens with zero attached hydrogens (tertiary/aromatic N) is 6. The van der Waals surface area contributed by atoms with E-state index >= 15 is 4.39 Å². The van der Waals surface area contributed by atoms with Crippen molar-refractivity contribution in [3.63, 3.8) is 0 Å². The Hall–Kier alpha value is -3.98. The Morgan fingerprint density at radius 1 is 1.11 bits per heavy atom. The van der Waals surface area contributed by atoms with E-state index in [1.54, 1.807) is 11.0 Å². The number of aromatic nitrogens is 3. The Balaban J connectivity index is 1.40. The summed E-state index contributed by atoms with van der Waals surface area (Å²) in [6, 6.07) is 14.0. The van der Waals surface area contributed by atoms with Crippen molar-refractivity contribution in [2.75, 3.05) is 51.3 Å². The van der Waals surface area contributed by atoms with Gasteiger partial charge < -0.3 is 24.0 Å². The van der Waals surface area contributed by atoms with Crippen LogP contribution in [0.1, 0.15) is 12.8 Å². The summed E-state index contributed by atoms with van der Waals surface area (Å²) in [5.41, 5.74) is 1.57. The lowest BCUT2D eigenvalue weighted by atomic mass is 10.1. The van der Waals surface area contributed by atoms with E-state index in [0.717, 1.165) is 30.3 Å². The smallest absolute Gasteiger partial charge is 0.319 e. The van der Waals surface area contributed by atoms with E-state index in [4.69, 9.17) is 9.72 Å². The number of halogens is 1. The van der Waals surface area contributed by atoms with Gasteiger partial charge in [0.1, 0.15) is 17.9 Å².